The molecule has 18 heavy (non-hydrogen) atoms. The normalized spacial score (nSPS) is 12.2. The van der Waals surface area contributed by atoms with E-state index in [1.54, 1.807) is 7.11 Å². The number of aliphatic carboxylic acids is 1. The molecule has 1 atom stereocenters. The minimum atomic E-state index is -0.975. The van der Waals surface area contributed by atoms with E-state index < -0.39 is 12.0 Å². The van der Waals surface area contributed by atoms with Crippen LogP contribution in [0.2, 0.25) is 0 Å². The summed E-state index contributed by atoms with van der Waals surface area (Å²) in [5.74, 6) is -0.176. The van der Waals surface area contributed by atoms with Gasteiger partial charge in [0.25, 0.3) is 0 Å². The Morgan fingerprint density at radius 2 is 2.33 bits per heavy atom. The lowest BCUT2D eigenvalue weighted by Crippen LogP contribution is -2.33. The van der Waals surface area contributed by atoms with Crippen LogP contribution in [0.25, 0.3) is 0 Å². The van der Waals surface area contributed by atoms with E-state index in [2.05, 4.69) is 21.2 Å². The molecule has 4 N–H and O–H groups in total. The average molecular weight is 317 g/mol. The molecule has 0 spiro atoms. The monoisotopic (exact) mass is 316 g/mol. The smallest absolute Gasteiger partial charge is 0.320 e. The molecular weight excluding hydrogens is 300 g/mol. The molecule has 0 aliphatic carbocycles. The maximum absolute atomic E-state index is 10.5. The van der Waals surface area contributed by atoms with E-state index in [0.717, 1.165) is 15.8 Å². The van der Waals surface area contributed by atoms with E-state index in [1.165, 1.54) is 0 Å². The van der Waals surface area contributed by atoms with Crippen molar-refractivity contribution >= 4 is 21.9 Å². The van der Waals surface area contributed by atoms with E-state index in [0.29, 0.717) is 19.5 Å². The first-order valence-corrected chi connectivity index (χ1v) is 6.35. The van der Waals surface area contributed by atoms with E-state index in [-0.39, 0.29) is 0 Å². The molecule has 6 heteroatoms. The molecule has 0 fully saturated rings. The molecule has 5 nitrogen and oxygen atoms in total. The van der Waals surface area contributed by atoms with Gasteiger partial charge in [0.2, 0.25) is 0 Å². The van der Waals surface area contributed by atoms with Crippen molar-refractivity contribution in [3.05, 3.63) is 28.2 Å². The summed E-state index contributed by atoms with van der Waals surface area (Å²) < 4.78 is 6.21. The largest absolute Gasteiger partial charge is 0.496 e. The molecule has 0 heterocycles. The molecule has 100 valence electrons. The molecule has 0 aliphatic rings. The summed E-state index contributed by atoms with van der Waals surface area (Å²) >= 11 is 3.40. The molecule has 1 aromatic rings. The number of rotatable bonds is 7. The van der Waals surface area contributed by atoms with Crippen molar-refractivity contribution in [2.24, 2.45) is 5.73 Å². The Morgan fingerprint density at radius 1 is 1.61 bits per heavy atom. The van der Waals surface area contributed by atoms with Crippen LogP contribution in [-0.2, 0) is 11.3 Å². The molecule has 0 saturated heterocycles. The zero-order chi connectivity index (χ0) is 13.5. The summed E-state index contributed by atoms with van der Waals surface area (Å²) in [5.41, 5.74) is 6.41. The third-order valence-corrected chi connectivity index (χ3v) is 3.00. The Morgan fingerprint density at radius 3 is 2.94 bits per heavy atom. The van der Waals surface area contributed by atoms with Crippen molar-refractivity contribution < 1.29 is 14.6 Å². The van der Waals surface area contributed by atoms with Gasteiger partial charge in [0.15, 0.2) is 0 Å². The van der Waals surface area contributed by atoms with Crippen LogP contribution in [0.5, 0.6) is 5.75 Å². The van der Waals surface area contributed by atoms with Gasteiger partial charge in [-0.05, 0) is 31.2 Å². The SMILES string of the molecule is COc1ccc(Br)cc1CNCCC(N)C(=O)O. The standard InChI is InChI=1S/C12H17BrN2O3/c1-18-11-3-2-9(13)6-8(11)7-15-5-4-10(14)12(16)17/h2-3,6,10,15H,4-5,7,14H2,1H3,(H,16,17). The number of halogens is 1. The van der Waals surface area contributed by atoms with Crippen molar-refractivity contribution in [2.45, 2.75) is 19.0 Å². The molecule has 0 aliphatic heterocycles. The Balaban J connectivity index is 2.43. The number of hydrogen-bond acceptors (Lipinski definition) is 4. The Kier molecular flexibility index (Phi) is 6.11. The molecule has 1 rings (SSSR count). The van der Waals surface area contributed by atoms with Gasteiger partial charge in [-0.3, -0.25) is 4.79 Å². The molecule has 0 radical (unpaired) electrons. The lowest BCUT2D eigenvalue weighted by Gasteiger charge is -2.11. The number of carboxylic acids is 1. The molecule has 0 aromatic heterocycles. The fraction of sp³-hybridized carbons (Fsp3) is 0.417. The van der Waals surface area contributed by atoms with Gasteiger partial charge < -0.3 is 20.9 Å². The second kappa shape index (κ2) is 7.35. The van der Waals surface area contributed by atoms with Gasteiger partial charge in [-0.25, -0.2) is 0 Å². The lowest BCUT2D eigenvalue weighted by atomic mass is 10.2. The minimum absolute atomic E-state index is 0.394. The van der Waals surface area contributed by atoms with Gasteiger partial charge in [-0.15, -0.1) is 0 Å². The van der Waals surface area contributed by atoms with Crippen LogP contribution >= 0.6 is 15.9 Å². The average Bonchev–Trinajstić information content (AvgIpc) is 2.34. The number of benzene rings is 1. The number of methoxy groups -OCH3 is 1. The van der Waals surface area contributed by atoms with Crippen LogP contribution in [0.15, 0.2) is 22.7 Å². The fourth-order valence-corrected chi connectivity index (χ4v) is 1.90. The predicted molar refractivity (Wildman–Crippen MR) is 72.6 cm³/mol. The van der Waals surface area contributed by atoms with Gasteiger partial charge in [0.1, 0.15) is 11.8 Å². The number of hydrogen-bond donors (Lipinski definition) is 3. The fourth-order valence-electron chi connectivity index (χ4n) is 1.49. The van der Waals surface area contributed by atoms with Crippen LogP contribution in [0.1, 0.15) is 12.0 Å². The van der Waals surface area contributed by atoms with Crippen molar-refractivity contribution in [1.29, 1.82) is 0 Å². The Hall–Kier alpha value is -1.11. The van der Waals surface area contributed by atoms with Crippen LogP contribution in [-0.4, -0.2) is 30.8 Å². The molecule has 1 aromatic carbocycles. The van der Waals surface area contributed by atoms with Crippen molar-refractivity contribution in [2.75, 3.05) is 13.7 Å². The lowest BCUT2D eigenvalue weighted by molar-refractivity contribution is -0.138. The summed E-state index contributed by atoms with van der Waals surface area (Å²) in [7, 11) is 1.62. The molecule has 1 unspecified atom stereocenters. The van der Waals surface area contributed by atoms with Gasteiger partial charge in [0.05, 0.1) is 7.11 Å². The zero-order valence-electron chi connectivity index (χ0n) is 10.1. The number of carboxylic acid groups (broad SMARTS) is 1. The highest BCUT2D eigenvalue weighted by atomic mass is 79.9. The minimum Gasteiger partial charge on any atom is -0.496 e. The number of carbonyl (C=O) groups is 1. The highest BCUT2D eigenvalue weighted by Crippen LogP contribution is 2.22. The van der Waals surface area contributed by atoms with E-state index >= 15 is 0 Å². The predicted octanol–water partition coefficient (Wildman–Crippen LogP) is 1.35. The van der Waals surface area contributed by atoms with Crippen LogP contribution in [0.3, 0.4) is 0 Å². The highest BCUT2D eigenvalue weighted by molar-refractivity contribution is 9.10. The third kappa shape index (κ3) is 4.64. The number of nitrogens with two attached hydrogens (primary N) is 1. The quantitative estimate of drug-likeness (QED) is 0.661. The Bertz CT molecular complexity index is 412. The van der Waals surface area contributed by atoms with Crippen LogP contribution in [0.4, 0.5) is 0 Å². The van der Waals surface area contributed by atoms with Crippen LogP contribution < -0.4 is 15.8 Å². The van der Waals surface area contributed by atoms with Crippen molar-refractivity contribution in [3.8, 4) is 5.75 Å². The first kappa shape index (κ1) is 14.9. The third-order valence-electron chi connectivity index (χ3n) is 2.51. The first-order valence-electron chi connectivity index (χ1n) is 5.56. The van der Waals surface area contributed by atoms with E-state index in [9.17, 15) is 4.79 Å². The highest BCUT2D eigenvalue weighted by Gasteiger charge is 2.10. The first-order chi connectivity index (χ1) is 8.54. The molecule has 0 amide bonds. The summed E-state index contributed by atoms with van der Waals surface area (Å²) in [6.07, 6.45) is 0.394. The molecule has 0 bridgehead atoms. The topological polar surface area (TPSA) is 84.6 Å². The summed E-state index contributed by atoms with van der Waals surface area (Å²) in [5, 5.41) is 11.8. The van der Waals surface area contributed by atoms with Crippen LogP contribution in [0, 0.1) is 0 Å². The molecule has 0 saturated carbocycles. The van der Waals surface area contributed by atoms with Crippen molar-refractivity contribution in [1.82, 2.24) is 5.32 Å². The maximum Gasteiger partial charge on any atom is 0.320 e. The maximum atomic E-state index is 10.5. The van der Waals surface area contributed by atoms with Gasteiger partial charge in [-0.2, -0.15) is 0 Å². The van der Waals surface area contributed by atoms with Gasteiger partial charge in [0, 0.05) is 16.6 Å². The Labute approximate surface area is 114 Å². The second-order valence-corrected chi connectivity index (χ2v) is 4.78. The summed E-state index contributed by atoms with van der Waals surface area (Å²) in [6, 6.07) is 4.93. The summed E-state index contributed by atoms with van der Waals surface area (Å²) in [6.45, 7) is 1.15. The zero-order valence-corrected chi connectivity index (χ0v) is 11.7. The number of nitrogens with one attached hydrogen (secondary N) is 1. The van der Waals surface area contributed by atoms with Gasteiger partial charge in [-0.1, -0.05) is 15.9 Å². The summed E-state index contributed by atoms with van der Waals surface area (Å²) in [4.78, 5) is 10.5. The van der Waals surface area contributed by atoms with E-state index in [1.807, 2.05) is 18.2 Å². The number of ether oxygens (including phenoxy) is 1. The van der Waals surface area contributed by atoms with Crippen molar-refractivity contribution in [3.63, 3.8) is 0 Å². The van der Waals surface area contributed by atoms with Gasteiger partial charge >= 0.3 is 5.97 Å². The van der Waals surface area contributed by atoms with E-state index in [4.69, 9.17) is 15.6 Å². The second-order valence-electron chi connectivity index (χ2n) is 3.87. The molecular formula is C12H17BrN2O3.